The highest BCUT2D eigenvalue weighted by Crippen LogP contribution is 2.41. The normalized spacial score (nSPS) is 27.0. The van der Waals surface area contributed by atoms with Crippen LogP contribution in [0.5, 0.6) is 0 Å². The highest BCUT2D eigenvalue weighted by atomic mass is 19.4. The van der Waals surface area contributed by atoms with Crippen LogP contribution < -0.4 is 5.32 Å². The molecule has 3 rings (SSSR count). The maximum Gasteiger partial charge on any atom is 0.435 e. The van der Waals surface area contributed by atoms with Crippen LogP contribution in [0.1, 0.15) is 48.3 Å². The quantitative estimate of drug-likeness (QED) is 0.672. The van der Waals surface area contributed by atoms with Crippen LogP contribution in [-0.2, 0) is 18.0 Å². The lowest BCUT2D eigenvalue weighted by Crippen LogP contribution is -2.47. The number of nitrogens with one attached hydrogen (secondary N) is 2. The smallest absolute Gasteiger partial charge is 0.385 e. The Bertz CT molecular complexity index is 798. The molecule has 1 saturated heterocycles. The SMILES string of the molecule is C[C@H]1CC(O)(c2ccc(C(F)(F)F)cc2)C[C@@H](c2cc(C(F)(F)F)n[nH]2)N1. The number of nitrogens with zero attached hydrogens (tertiary/aromatic N) is 1. The monoisotopic (exact) mass is 393 g/mol. The molecule has 1 aromatic carbocycles. The molecule has 0 saturated carbocycles. The Labute approximate surface area is 150 Å². The second-order valence-corrected chi connectivity index (χ2v) is 6.84. The van der Waals surface area contributed by atoms with E-state index in [0.717, 1.165) is 18.2 Å². The van der Waals surface area contributed by atoms with E-state index in [1.54, 1.807) is 6.92 Å². The summed E-state index contributed by atoms with van der Waals surface area (Å²) < 4.78 is 76.4. The van der Waals surface area contributed by atoms with Crippen molar-refractivity contribution in [2.75, 3.05) is 0 Å². The van der Waals surface area contributed by atoms with Crippen LogP contribution in [0.2, 0.25) is 0 Å². The zero-order valence-corrected chi connectivity index (χ0v) is 14.1. The zero-order chi connectivity index (χ0) is 20.0. The molecule has 27 heavy (non-hydrogen) atoms. The molecule has 3 atom stereocenters. The van der Waals surface area contributed by atoms with Gasteiger partial charge in [0.05, 0.1) is 22.9 Å². The summed E-state index contributed by atoms with van der Waals surface area (Å²) in [6, 6.07) is 4.08. The zero-order valence-electron chi connectivity index (χ0n) is 14.1. The molecular weight excluding hydrogens is 376 g/mol. The number of hydrogen-bond donors (Lipinski definition) is 3. The van der Waals surface area contributed by atoms with Gasteiger partial charge in [-0.3, -0.25) is 5.10 Å². The van der Waals surface area contributed by atoms with Gasteiger partial charge in [-0.25, -0.2) is 0 Å². The van der Waals surface area contributed by atoms with Gasteiger partial charge in [-0.15, -0.1) is 0 Å². The summed E-state index contributed by atoms with van der Waals surface area (Å²) in [7, 11) is 0. The third-order valence-corrected chi connectivity index (χ3v) is 4.68. The van der Waals surface area contributed by atoms with Crippen molar-refractivity contribution < 1.29 is 31.4 Å². The van der Waals surface area contributed by atoms with Crippen molar-refractivity contribution >= 4 is 0 Å². The number of alkyl halides is 6. The minimum Gasteiger partial charge on any atom is -0.385 e. The molecule has 0 bridgehead atoms. The fourth-order valence-electron chi connectivity index (χ4n) is 3.45. The highest BCUT2D eigenvalue weighted by Gasteiger charge is 2.42. The van der Waals surface area contributed by atoms with Crippen LogP contribution in [0.3, 0.4) is 0 Å². The predicted molar refractivity (Wildman–Crippen MR) is 83.5 cm³/mol. The van der Waals surface area contributed by atoms with E-state index in [4.69, 9.17) is 0 Å². The number of aliphatic hydroxyl groups is 1. The topological polar surface area (TPSA) is 60.9 Å². The Kier molecular flexibility index (Phi) is 4.75. The minimum absolute atomic E-state index is 0.0117. The van der Waals surface area contributed by atoms with Gasteiger partial charge in [-0.2, -0.15) is 31.4 Å². The lowest BCUT2D eigenvalue weighted by atomic mass is 9.78. The van der Waals surface area contributed by atoms with Gasteiger partial charge < -0.3 is 10.4 Å². The summed E-state index contributed by atoms with van der Waals surface area (Å²) in [5, 5.41) is 19.7. The standard InChI is InChI=1S/C17H17F6N3O/c1-9-7-15(27,10-2-4-11(5-3-10)16(18,19)20)8-13(24-9)12-6-14(26-25-12)17(21,22)23/h2-6,9,13,24,27H,7-8H2,1H3,(H,25,26)/t9-,13-,15?/m0/s1. The Morgan fingerprint density at radius 1 is 1.04 bits per heavy atom. The van der Waals surface area contributed by atoms with Crippen LogP contribution >= 0.6 is 0 Å². The Morgan fingerprint density at radius 2 is 1.67 bits per heavy atom. The summed E-state index contributed by atoms with van der Waals surface area (Å²) >= 11 is 0. The van der Waals surface area contributed by atoms with Crippen molar-refractivity contribution in [3.8, 4) is 0 Å². The third kappa shape index (κ3) is 4.11. The van der Waals surface area contributed by atoms with Gasteiger partial charge in [0.25, 0.3) is 0 Å². The van der Waals surface area contributed by atoms with Crippen molar-refractivity contribution in [2.45, 2.75) is 49.8 Å². The first kappa shape index (κ1) is 19.7. The van der Waals surface area contributed by atoms with Crippen LogP contribution in [0.4, 0.5) is 26.3 Å². The van der Waals surface area contributed by atoms with Crippen LogP contribution in [0.25, 0.3) is 0 Å². The average Bonchev–Trinajstić information content (AvgIpc) is 3.04. The molecule has 1 aliphatic heterocycles. The Morgan fingerprint density at radius 3 is 2.19 bits per heavy atom. The third-order valence-electron chi connectivity index (χ3n) is 4.68. The van der Waals surface area contributed by atoms with Gasteiger partial charge in [0, 0.05) is 12.5 Å². The van der Waals surface area contributed by atoms with Gasteiger partial charge in [-0.05, 0) is 37.1 Å². The number of benzene rings is 1. The van der Waals surface area contributed by atoms with E-state index in [-0.39, 0.29) is 30.1 Å². The Balaban J connectivity index is 1.86. The lowest BCUT2D eigenvalue weighted by molar-refractivity contribution is -0.141. The fourth-order valence-corrected chi connectivity index (χ4v) is 3.45. The van der Waals surface area contributed by atoms with Crippen molar-refractivity contribution in [1.29, 1.82) is 0 Å². The lowest BCUT2D eigenvalue weighted by Gasteiger charge is -2.41. The van der Waals surface area contributed by atoms with Gasteiger partial charge in [0.15, 0.2) is 5.69 Å². The first-order valence-electron chi connectivity index (χ1n) is 8.17. The number of aromatic amines is 1. The molecule has 0 spiro atoms. The van der Waals surface area contributed by atoms with Gasteiger partial charge >= 0.3 is 12.4 Å². The second-order valence-electron chi connectivity index (χ2n) is 6.84. The number of H-pyrrole nitrogens is 1. The maximum absolute atomic E-state index is 12.8. The molecule has 2 aromatic rings. The molecule has 1 unspecified atom stereocenters. The average molecular weight is 393 g/mol. The number of halogens is 6. The fraction of sp³-hybridized carbons (Fsp3) is 0.471. The van der Waals surface area contributed by atoms with E-state index in [9.17, 15) is 31.4 Å². The first-order valence-corrected chi connectivity index (χ1v) is 8.17. The number of piperidine rings is 1. The molecule has 148 valence electrons. The van der Waals surface area contributed by atoms with E-state index in [2.05, 4.69) is 15.5 Å². The van der Waals surface area contributed by atoms with Gasteiger partial charge in [0.1, 0.15) is 0 Å². The van der Waals surface area contributed by atoms with E-state index >= 15 is 0 Å². The molecule has 0 aliphatic carbocycles. The van der Waals surface area contributed by atoms with Gasteiger partial charge in [-0.1, -0.05) is 12.1 Å². The number of aromatic nitrogens is 2. The van der Waals surface area contributed by atoms with E-state index < -0.39 is 35.3 Å². The van der Waals surface area contributed by atoms with E-state index in [1.165, 1.54) is 12.1 Å². The molecule has 10 heteroatoms. The molecule has 1 aliphatic rings. The van der Waals surface area contributed by atoms with E-state index in [1.807, 2.05) is 0 Å². The van der Waals surface area contributed by atoms with Crippen LogP contribution in [-0.4, -0.2) is 21.3 Å². The summed E-state index contributed by atoms with van der Waals surface area (Å²) in [6.45, 7) is 1.74. The van der Waals surface area contributed by atoms with Crippen molar-refractivity contribution in [2.24, 2.45) is 0 Å². The summed E-state index contributed by atoms with van der Waals surface area (Å²) in [6.07, 6.45) is -8.90. The molecule has 0 amide bonds. The van der Waals surface area contributed by atoms with Crippen molar-refractivity contribution in [3.63, 3.8) is 0 Å². The molecule has 2 heterocycles. The van der Waals surface area contributed by atoms with Crippen molar-refractivity contribution in [1.82, 2.24) is 15.5 Å². The van der Waals surface area contributed by atoms with Crippen LogP contribution in [0.15, 0.2) is 30.3 Å². The highest BCUT2D eigenvalue weighted by molar-refractivity contribution is 5.30. The van der Waals surface area contributed by atoms with Crippen molar-refractivity contribution in [3.05, 3.63) is 52.8 Å². The summed E-state index contributed by atoms with van der Waals surface area (Å²) in [5.74, 6) is 0. The number of hydrogen-bond acceptors (Lipinski definition) is 3. The van der Waals surface area contributed by atoms with Gasteiger partial charge in [0.2, 0.25) is 0 Å². The maximum atomic E-state index is 12.8. The second kappa shape index (κ2) is 6.52. The van der Waals surface area contributed by atoms with E-state index in [0.29, 0.717) is 0 Å². The van der Waals surface area contributed by atoms with Crippen LogP contribution in [0, 0.1) is 0 Å². The Hall–Kier alpha value is -2.07. The largest absolute Gasteiger partial charge is 0.435 e. The predicted octanol–water partition coefficient (Wildman–Crippen LogP) is 4.15. The first-order chi connectivity index (χ1) is 12.4. The molecule has 1 aromatic heterocycles. The molecule has 0 radical (unpaired) electrons. The molecule has 1 fully saturated rings. The molecular formula is C17H17F6N3O. The number of rotatable bonds is 2. The summed E-state index contributed by atoms with van der Waals surface area (Å²) in [5.41, 5.74) is -2.96. The molecule has 4 nitrogen and oxygen atoms in total. The molecule has 3 N–H and O–H groups in total. The summed E-state index contributed by atoms with van der Waals surface area (Å²) in [4.78, 5) is 0. The minimum atomic E-state index is -4.60.